The van der Waals surface area contributed by atoms with Gasteiger partial charge in [-0.15, -0.1) is 0 Å². The second-order valence-electron chi connectivity index (χ2n) is 7.01. The van der Waals surface area contributed by atoms with Crippen molar-refractivity contribution in [3.63, 3.8) is 0 Å². The number of piperazine rings is 2. The molecule has 0 unspecified atom stereocenters. The SMILES string of the molecule is C=C1CN(c2ccnc(Nc3ccc(N4CCN(C)CC4)cn3)n2)CCN1. The molecule has 0 bridgehead atoms. The molecule has 2 aromatic heterocycles. The van der Waals surface area contributed by atoms with Crippen molar-refractivity contribution in [2.45, 2.75) is 0 Å². The standard InChI is InChI=1S/C19H26N8/c1-15-14-27(8-7-20-15)18-5-6-21-19(24-18)23-17-4-3-16(13-22-17)26-11-9-25(2)10-12-26/h3-6,13,20H,1,7-12,14H2,2H3,(H,21,22,23,24). The number of rotatable bonds is 4. The van der Waals surface area contributed by atoms with Crippen LogP contribution in [0.3, 0.4) is 0 Å². The van der Waals surface area contributed by atoms with Crippen LogP contribution in [0, 0.1) is 0 Å². The number of hydrogen-bond acceptors (Lipinski definition) is 8. The van der Waals surface area contributed by atoms with Gasteiger partial charge in [0, 0.05) is 51.2 Å². The van der Waals surface area contributed by atoms with Gasteiger partial charge >= 0.3 is 0 Å². The van der Waals surface area contributed by atoms with Gasteiger partial charge in [0.2, 0.25) is 5.95 Å². The predicted octanol–water partition coefficient (Wildman–Crippen LogP) is 1.29. The maximum absolute atomic E-state index is 4.63. The summed E-state index contributed by atoms with van der Waals surface area (Å²) in [7, 11) is 2.16. The molecule has 0 atom stereocenters. The molecule has 2 aliphatic heterocycles. The summed E-state index contributed by atoms with van der Waals surface area (Å²) in [4.78, 5) is 20.4. The molecular formula is C19H26N8. The Kier molecular flexibility index (Phi) is 5.06. The van der Waals surface area contributed by atoms with Gasteiger partial charge in [0.25, 0.3) is 0 Å². The second kappa shape index (κ2) is 7.79. The van der Waals surface area contributed by atoms with E-state index in [1.807, 2.05) is 18.3 Å². The molecule has 27 heavy (non-hydrogen) atoms. The molecule has 8 heteroatoms. The van der Waals surface area contributed by atoms with Crippen LogP contribution in [0.5, 0.6) is 0 Å². The van der Waals surface area contributed by atoms with E-state index in [2.05, 4.69) is 60.0 Å². The lowest BCUT2D eigenvalue weighted by atomic mass is 10.3. The van der Waals surface area contributed by atoms with Gasteiger partial charge < -0.3 is 25.3 Å². The number of likely N-dealkylation sites (N-methyl/N-ethyl adjacent to an activating group) is 1. The van der Waals surface area contributed by atoms with E-state index in [0.717, 1.165) is 68.8 Å². The van der Waals surface area contributed by atoms with E-state index < -0.39 is 0 Å². The molecule has 0 aliphatic carbocycles. The minimum Gasteiger partial charge on any atom is -0.386 e. The van der Waals surface area contributed by atoms with Crippen molar-refractivity contribution in [2.75, 3.05) is 68.0 Å². The van der Waals surface area contributed by atoms with Crippen molar-refractivity contribution in [3.8, 4) is 0 Å². The molecular weight excluding hydrogens is 340 g/mol. The topological polar surface area (TPSA) is 72.5 Å². The minimum atomic E-state index is 0.552. The summed E-state index contributed by atoms with van der Waals surface area (Å²) in [6, 6.07) is 6.01. The number of aromatic nitrogens is 3. The zero-order valence-corrected chi connectivity index (χ0v) is 15.7. The largest absolute Gasteiger partial charge is 0.386 e. The van der Waals surface area contributed by atoms with Gasteiger partial charge in [-0.3, -0.25) is 0 Å². The minimum absolute atomic E-state index is 0.552. The molecule has 4 heterocycles. The van der Waals surface area contributed by atoms with Gasteiger partial charge in [0.05, 0.1) is 18.4 Å². The Morgan fingerprint density at radius 2 is 1.89 bits per heavy atom. The van der Waals surface area contributed by atoms with Gasteiger partial charge in [-0.05, 0) is 25.2 Å². The van der Waals surface area contributed by atoms with Crippen LogP contribution in [0.4, 0.5) is 23.3 Å². The number of nitrogens with zero attached hydrogens (tertiary/aromatic N) is 6. The first-order valence-corrected chi connectivity index (χ1v) is 9.33. The molecule has 142 valence electrons. The van der Waals surface area contributed by atoms with Crippen LogP contribution >= 0.6 is 0 Å². The lowest BCUT2D eigenvalue weighted by Gasteiger charge is -2.33. The van der Waals surface area contributed by atoms with Gasteiger partial charge in [-0.1, -0.05) is 6.58 Å². The Labute approximate surface area is 159 Å². The van der Waals surface area contributed by atoms with E-state index in [1.165, 1.54) is 0 Å². The average molecular weight is 366 g/mol. The summed E-state index contributed by atoms with van der Waals surface area (Å²) in [6.07, 6.45) is 3.69. The summed E-state index contributed by atoms with van der Waals surface area (Å²) < 4.78 is 0. The predicted molar refractivity (Wildman–Crippen MR) is 109 cm³/mol. The summed E-state index contributed by atoms with van der Waals surface area (Å²) in [5.41, 5.74) is 2.16. The van der Waals surface area contributed by atoms with E-state index in [4.69, 9.17) is 0 Å². The van der Waals surface area contributed by atoms with E-state index in [0.29, 0.717) is 5.95 Å². The number of nitrogens with one attached hydrogen (secondary N) is 2. The maximum atomic E-state index is 4.63. The van der Waals surface area contributed by atoms with Crippen molar-refractivity contribution in [1.82, 2.24) is 25.2 Å². The highest BCUT2D eigenvalue weighted by Crippen LogP contribution is 2.20. The molecule has 0 saturated carbocycles. The van der Waals surface area contributed by atoms with Gasteiger partial charge in [0.15, 0.2) is 0 Å². The van der Waals surface area contributed by atoms with Crippen molar-refractivity contribution in [1.29, 1.82) is 0 Å². The molecule has 2 fully saturated rings. The molecule has 2 aromatic rings. The number of hydrogen-bond donors (Lipinski definition) is 2. The second-order valence-corrected chi connectivity index (χ2v) is 7.01. The van der Waals surface area contributed by atoms with Crippen LogP contribution in [0.25, 0.3) is 0 Å². The molecule has 0 radical (unpaired) electrons. The Bertz CT molecular complexity index is 783. The fourth-order valence-electron chi connectivity index (χ4n) is 3.34. The molecule has 8 nitrogen and oxygen atoms in total. The maximum Gasteiger partial charge on any atom is 0.230 e. The lowest BCUT2D eigenvalue weighted by molar-refractivity contribution is 0.313. The van der Waals surface area contributed by atoms with Crippen LogP contribution < -0.4 is 20.4 Å². The average Bonchev–Trinajstić information content (AvgIpc) is 2.70. The van der Waals surface area contributed by atoms with Gasteiger partial charge in [-0.2, -0.15) is 4.98 Å². The zero-order valence-electron chi connectivity index (χ0n) is 15.7. The van der Waals surface area contributed by atoms with E-state index >= 15 is 0 Å². The van der Waals surface area contributed by atoms with Crippen LogP contribution in [0.1, 0.15) is 0 Å². The molecule has 2 aliphatic rings. The summed E-state index contributed by atoms with van der Waals surface area (Å²) in [6.45, 7) is 10.8. The molecule has 4 rings (SSSR count). The fraction of sp³-hybridized carbons (Fsp3) is 0.421. The van der Waals surface area contributed by atoms with Gasteiger partial charge in [0.1, 0.15) is 11.6 Å². The highest BCUT2D eigenvalue weighted by Gasteiger charge is 2.16. The number of pyridine rings is 1. The van der Waals surface area contributed by atoms with Crippen molar-refractivity contribution < 1.29 is 0 Å². The highest BCUT2D eigenvalue weighted by molar-refractivity contribution is 5.55. The number of anilines is 4. The first-order chi connectivity index (χ1) is 13.2. The molecule has 0 spiro atoms. The smallest absolute Gasteiger partial charge is 0.230 e. The normalized spacial score (nSPS) is 18.3. The summed E-state index contributed by atoms with van der Waals surface area (Å²) >= 11 is 0. The lowest BCUT2D eigenvalue weighted by Crippen LogP contribution is -2.44. The monoisotopic (exact) mass is 366 g/mol. The zero-order chi connectivity index (χ0) is 18.6. The Hall–Kier alpha value is -2.87. The van der Waals surface area contributed by atoms with Crippen molar-refractivity contribution in [3.05, 3.63) is 42.9 Å². The van der Waals surface area contributed by atoms with Crippen LogP contribution in [0.2, 0.25) is 0 Å². The van der Waals surface area contributed by atoms with Crippen LogP contribution in [0.15, 0.2) is 42.9 Å². The van der Waals surface area contributed by atoms with Crippen molar-refractivity contribution >= 4 is 23.3 Å². The van der Waals surface area contributed by atoms with E-state index in [9.17, 15) is 0 Å². The first kappa shape index (κ1) is 17.5. The summed E-state index contributed by atoms with van der Waals surface area (Å²) in [5, 5.41) is 6.47. The fourth-order valence-corrected chi connectivity index (χ4v) is 3.34. The third-order valence-electron chi connectivity index (χ3n) is 4.96. The Balaban J connectivity index is 1.41. The molecule has 0 aromatic carbocycles. The molecule has 2 N–H and O–H groups in total. The quantitative estimate of drug-likeness (QED) is 0.839. The van der Waals surface area contributed by atoms with Crippen LogP contribution in [-0.2, 0) is 0 Å². The van der Waals surface area contributed by atoms with Gasteiger partial charge in [-0.25, -0.2) is 9.97 Å². The third kappa shape index (κ3) is 4.28. The highest BCUT2D eigenvalue weighted by atomic mass is 15.3. The first-order valence-electron chi connectivity index (χ1n) is 9.33. The molecule has 0 amide bonds. The van der Waals surface area contributed by atoms with E-state index in [-0.39, 0.29) is 0 Å². The summed E-state index contributed by atoms with van der Waals surface area (Å²) in [5.74, 6) is 2.19. The van der Waals surface area contributed by atoms with Crippen molar-refractivity contribution in [2.24, 2.45) is 0 Å². The Morgan fingerprint density at radius 1 is 1.04 bits per heavy atom. The van der Waals surface area contributed by atoms with Crippen LogP contribution in [-0.4, -0.2) is 72.7 Å². The third-order valence-corrected chi connectivity index (χ3v) is 4.96. The Morgan fingerprint density at radius 3 is 2.63 bits per heavy atom. The van der Waals surface area contributed by atoms with E-state index in [1.54, 1.807) is 6.20 Å². The molecule has 2 saturated heterocycles.